The highest BCUT2D eigenvalue weighted by Gasteiger charge is 2.36. The van der Waals surface area contributed by atoms with Crippen molar-refractivity contribution >= 4 is 17.3 Å². The van der Waals surface area contributed by atoms with Crippen LogP contribution in [0.1, 0.15) is 44.0 Å². The van der Waals surface area contributed by atoms with Gasteiger partial charge in [0.1, 0.15) is 6.07 Å². The van der Waals surface area contributed by atoms with Crippen LogP contribution in [0.3, 0.4) is 0 Å². The lowest BCUT2D eigenvalue weighted by atomic mass is 9.83. The van der Waals surface area contributed by atoms with E-state index in [1.807, 2.05) is 31.3 Å². The van der Waals surface area contributed by atoms with Crippen LogP contribution in [0.2, 0.25) is 0 Å². The molecule has 0 saturated carbocycles. The van der Waals surface area contributed by atoms with Gasteiger partial charge >= 0.3 is 0 Å². The monoisotopic (exact) mass is 530 g/mol. The Hall–Kier alpha value is -3.52. The third kappa shape index (κ3) is 5.91. The summed E-state index contributed by atoms with van der Waals surface area (Å²) >= 11 is 0. The van der Waals surface area contributed by atoms with Crippen molar-refractivity contribution in [3.05, 3.63) is 47.4 Å². The number of anilines is 3. The number of nitrogens with one attached hydrogen (secondary N) is 2. The molecule has 3 N–H and O–H groups in total. The molecule has 0 radical (unpaired) electrons. The van der Waals surface area contributed by atoms with Crippen LogP contribution in [0.4, 0.5) is 17.3 Å². The van der Waals surface area contributed by atoms with Gasteiger partial charge in [-0.2, -0.15) is 10.4 Å². The van der Waals surface area contributed by atoms with Gasteiger partial charge in [0.2, 0.25) is 5.95 Å². The molecule has 1 unspecified atom stereocenters. The van der Waals surface area contributed by atoms with Crippen LogP contribution < -0.4 is 10.6 Å². The van der Waals surface area contributed by atoms with Crippen LogP contribution in [-0.2, 0) is 23.1 Å². The van der Waals surface area contributed by atoms with E-state index >= 15 is 0 Å². The van der Waals surface area contributed by atoms with Gasteiger partial charge in [-0.15, -0.1) is 0 Å². The molecule has 3 aromatic rings. The fourth-order valence-electron chi connectivity index (χ4n) is 5.22. The van der Waals surface area contributed by atoms with Gasteiger partial charge in [-0.1, -0.05) is 20.8 Å². The molecule has 0 amide bonds. The molecule has 2 aromatic heterocycles. The summed E-state index contributed by atoms with van der Waals surface area (Å²) in [6.07, 6.45) is 5.56. The molecule has 5 rings (SSSR count). The highest BCUT2D eigenvalue weighted by Crippen LogP contribution is 2.41. The largest absolute Gasteiger partial charge is 0.395 e. The first-order valence-corrected chi connectivity index (χ1v) is 13.8. The van der Waals surface area contributed by atoms with Crippen LogP contribution in [-0.4, -0.2) is 75.8 Å². The molecule has 10 nitrogen and oxygen atoms in total. The first-order chi connectivity index (χ1) is 18.9. The maximum Gasteiger partial charge on any atom is 0.227 e. The Morgan fingerprint density at radius 1 is 1.26 bits per heavy atom. The average molecular weight is 531 g/mol. The number of rotatable bonds is 10. The molecular formula is C29H38N8O2. The van der Waals surface area contributed by atoms with E-state index in [2.05, 4.69) is 45.1 Å². The first-order valence-electron chi connectivity index (χ1n) is 13.8. The van der Waals surface area contributed by atoms with Gasteiger partial charge in [-0.25, -0.2) is 9.97 Å². The number of nitrogens with zero attached hydrogens (tertiary/aromatic N) is 6. The summed E-state index contributed by atoms with van der Waals surface area (Å²) in [5.41, 5.74) is 5.42. The van der Waals surface area contributed by atoms with Crippen molar-refractivity contribution in [1.82, 2.24) is 24.6 Å². The third-order valence-corrected chi connectivity index (χ3v) is 7.75. The number of fused-ring (bicyclic) bond motifs is 1. The van der Waals surface area contributed by atoms with Crippen LogP contribution in [0.15, 0.2) is 30.6 Å². The van der Waals surface area contributed by atoms with Crippen molar-refractivity contribution in [1.29, 1.82) is 5.26 Å². The number of hydrogen-bond donors (Lipinski definition) is 3. The Bertz CT molecular complexity index is 1340. The van der Waals surface area contributed by atoms with E-state index < -0.39 is 5.41 Å². The van der Waals surface area contributed by atoms with E-state index in [1.165, 1.54) is 0 Å². The van der Waals surface area contributed by atoms with Crippen molar-refractivity contribution in [3.63, 3.8) is 0 Å². The van der Waals surface area contributed by atoms with Gasteiger partial charge in [-0.05, 0) is 42.5 Å². The number of aromatic nitrogens is 4. The summed E-state index contributed by atoms with van der Waals surface area (Å²) in [5, 5.41) is 31.3. The molecule has 0 bridgehead atoms. The van der Waals surface area contributed by atoms with E-state index in [4.69, 9.17) is 14.8 Å². The average Bonchev–Trinajstić information content (AvgIpc) is 3.51. The van der Waals surface area contributed by atoms with Gasteiger partial charge in [0.05, 0.1) is 60.9 Å². The fourth-order valence-corrected chi connectivity index (χ4v) is 5.22. The standard InChI is InChI=1S/C29H38N8O2/c1-20(2)4-5-26-25(17-33-37(26)9-8-36-10-12-39-13-11-36)35-28-31-7-6-24(34-28)21-14-22(16-30)27-23(15-21)29(3,19-38)18-32-27/h6-7,14-15,17,20,32,38H,4-5,8-13,18-19H2,1-3H3,(H,31,34,35). The van der Waals surface area contributed by atoms with Gasteiger partial charge < -0.3 is 20.5 Å². The summed E-state index contributed by atoms with van der Waals surface area (Å²) in [6.45, 7) is 12.3. The van der Waals surface area contributed by atoms with Crippen LogP contribution >= 0.6 is 0 Å². The second kappa shape index (κ2) is 11.7. The summed E-state index contributed by atoms with van der Waals surface area (Å²) in [6, 6.07) is 8.01. The Morgan fingerprint density at radius 2 is 2.08 bits per heavy atom. The zero-order chi connectivity index (χ0) is 27.4. The SMILES string of the molecule is CC(C)CCc1c(Nc2nccc(-c3cc(C#N)c4c(c3)C(C)(CO)CN4)n2)cnn1CCN1CCOCC1. The van der Waals surface area contributed by atoms with Gasteiger partial charge in [-0.3, -0.25) is 9.58 Å². The predicted octanol–water partition coefficient (Wildman–Crippen LogP) is 3.55. The third-order valence-electron chi connectivity index (χ3n) is 7.75. The second-order valence-electron chi connectivity index (χ2n) is 11.1. The second-order valence-corrected chi connectivity index (χ2v) is 11.1. The van der Waals surface area contributed by atoms with Crippen molar-refractivity contribution in [2.24, 2.45) is 5.92 Å². The molecule has 0 spiro atoms. The maximum absolute atomic E-state index is 10.0. The number of ether oxygens (including phenoxy) is 1. The predicted molar refractivity (Wildman–Crippen MR) is 151 cm³/mol. The minimum Gasteiger partial charge on any atom is -0.395 e. The van der Waals surface area contributed by atoms with Gasteiger partial charge in [0, 0.05) is 43.4 Å². The van der Waals surface area contributed by atoms with Crippen molar-refractivity contribution in [2.45, 2.75) is 45.6 Å². The maximum atomic E-state index is 10.0. The lowest BCUT2D eigenvalue weighted by Crippen LogP contribution is -2.38. The summed E-state index contributed by atoms with van der Waals surface area (Å²) < 4.78 is 7.59. The molecule has 1 aromatic carbocycles. The quantitative estimate of drug-likeness (QED) is 0.361. The zero-order valence-electron chi connectivity index (χ0n) is 23.1. The number of nitriles is 1. The molecule has 10 heteroatoms. The molecule has 206 valence electrons. The minimum atomic E-state index is -0.452. The van der Waals surface area contributed by atoms with Crippen LogP contribution in [0.5, 0.6) is 0 Å². The Kier molecular flexibility index (Phi) is 8.12. The lowest BCUT2D eigenvalue weighted by Gasteiger charge is -2.26. The van der Waals surface area contributed by atoms with Crippen LogP contribution in [0.25, 0.3) is 11.3 Å². The van der Waals surface area contributed by atoms with Crippen molar-refractivity contribution in [2.75, 3.05) is 56.6 Å². The lowest BCUT2D eigenvalue weighted by molar-refractivity contribution is 0.0358. The molecule has 2 aliphatic heterocycles. The fraction of sp³-hybridized carbons (Fsp3) is 0.517. The number of benzene rings is 1. The summed E-state index contributed by atoms with van der Waals surface area (Å²) in [7, 11) is 0. The first kappa shape index (κ1) is 27.1. The smallest absolute Gasteiger partial charge is 0.227 e. The van der Waals surface area contributed by atoms with E-state index in [-0.39, 0.29) is 6.61 Å². The molecule has 1 fully saturated rings. The Morgan fingerprint density at radius 3 is 2.82 bits per heavy atom. The van der Waals surface area contributed by atoms with E-state index in [9.17, 15) is 10.4 Å². The highest BCUT2D eigenvalue weighted by molar-refractivity contribution is 5.76. The highest BCUT2D eigenvalue weighted by atomic mass is 16.5. The van der Waals surface area contributed by atoms with Gasteiger partial charge in [0.25, 0.3) is 0 Å². The molecule has 1 saturated heterocycles. The van der Waals surface area contributed by atoms with E-state index in [0.717, 1.165) is 80.4 Å². The summed E-state index contributed by atoms with van der Waals surface area (Å²) in [4.78, 5) is 11.7. The Labute approximate surface area is 230 Å². The minimum absolute atomic E-state index is 0.00736. The topological polar surface area (TPSA) is 124 Å². The van der Waals surface area contributed by atoms with E-state index in [1.54, 1.807) is 6.20 Å². The number of morpholine rings is 1. The van der Waals surface area contributed by atoms with Crippen molar-refractivity contribution in [3.8, 4) is 17.3 Å². The summed E-state index contributed by atoms with van der Waals surface area (Å²) in [5.74, 6) is 1.06. The van der Waals surface area contributed by atoms with Crippen molar-refractivity contribution < 1.29 is 9.84 Å². The van der Waals surface area contributed by atoms with Crippen LogP contribution in [0, 0.1) is 17.2 Å². The van der Waals surface area contributed by atoms with Gasteiger partial charge in [0.15, 0.2) is 0 Å². The molecule has 39 heavy (non-hydrogen) atoms. The number of aliphatic hydroxyl groups is 1. The molecular weight excluding hydrogens is 492 g/mol. The molecule has 2 aliphatic rings. The normalized spacial score (nSPS) is 19.1. The number of aliphatic hydroxyl groups excluding tert-OH is 1. The zero-order valence-corrected chi connectivity index (χ0v) is 23.1. The number of hydrogen-bond acceptors (Lipinski definition) is 9. The van der Waals surface area contributed by atoms with E-state index in [0.29, 0.717) is 29.7 Å². The molecule has 0 aliphatic carbocycles. The molecule has 1 atom stereocenters. The Balaban J connectivity index is 1.40. The molecule has 4 heterocycles.